The Morgan fingerprint density at radius 2 is 0.904 bits per heavy atom. The number of nitrogens with two attached hydrogens (primary N) is 1. The number of nitrogens with one attached hydrogen (secondary N) is 1. The predicted octanol–water partition coefficient (Wildman–Crippen LogP) is 19.9. The lowest BCUT2D eigenvalue weighted by Crippen LogP contribution is -2.41. The van der Waals surface area contributed by atoms with E-state index in [4.69, 9.17) is 26.6 Å². The molecule has 0 saturated carbocycles. The van der Waals surface area contributed by atoms with E-state index in [1.54, 1.807) is 69.3 Å². The molecule has 20 nitrogen and oxygen atoms in total. The number of nitro groups is 2. The van der Waals surface area contributed by atoms with E-state index in [-0.39, 0.29) is 67.1 Å². The third kappa shape index (κ3) is 18.4. The van der Waals surface area contributed by atoms with Crippen LogP contribution in [0.25, 0.3) is 31.3 Å². The van der Waals surface area contributed by atoms with E-state index in [1.165, 1.54) is 120 Å². The quantitative estimate of drug-likeness (QED) is 0.0448. The average molecular weight is 1610 g/mol. The normalized spacial score (nSPS) is 15.9. The Bertz CT molecular complexity index is 4930. The van der Waals surface area contributed by atoms with Gasteiger partial charge in [0.1, 0.15) is 11.6 Å². The molecule has 1 fully saturated rings. The fourth-order valence-corrected chi connectivity index (χ4v) is 13.6. The van der Waals surface area contributed by atoms with Crippen LogP contribution < -0.4 is 54.4 Å². The summed E-state index contributed by atoms with van der Waals surface area (Å²) in [6, 6.07) is 37.8. The van der Waals surface area contributed by atoms with Crippen LogP contribution in [0.3, 0.4) is 0 Å². The van der Waals surface area contributed by atoms with Crippen molar-refractivity contribution in [3.05, 3.63) is 215 Å². The highest BCUT2D eigenvalue weighted by Gasteiger charge is 2.53. The lowest BCUT2D eigenvalue weighted by atomic mass is 9.76. The lowest BCUT2D eigenvalue weighted by molar-refractivity contribution is -0.380. The van der Waals surface area contributed by atoms with Gasteiger partial charge in [0.05, 0.1) is 46.0 Å². The number of hydrogen-bond acceptors (Lipinski definition) is 21. The summed E-state index contributed by atoms with van der Waals surface area (Å²) in [6.07, 6.45) is -14.5. The van der Waals surface area contributed by atoms with Crippen LogP contribution in [0.2, 0.25) is 0 Å². The number of aryl methyl sites for hydroxylation is 3. The molecule has 9 heterocycles. The lowest BCUT2D eigenvalue weighted by Gasteiger charge is -2.32. The Hall–Kier alpha value is -9.69. The van der Waals surface area contributed by atoms with Crippen molar-refractivity contribution < 1.29 is 111 Å². The van der Waals surface area contributed by atoms with Gasteiger partial charge in [0.15, 0.2) is 46.0 Å². The van der Waals surface area contributed by atoms with E-state index < -0.39 is 76.1 Å². The molecule has 104 heavy (non-hydrogen) atoms. The standard InChI is InChI=1S/C19H12F3NO3S.C14H17BF2O4.C12H7F2NO4S.C11H7F2NO2S.C7H4ClFO.C4H2BrNO2S/c1-10-8-14-15(26-19(21,22)25-14)9-12(10)16-6-7-17(27-16)23-18(24)11-4-2-3-5-13(11)20;1-8-6-10-11(19-14(16,17)18-10)7-9(8)15-20-12(2,3)13(4,5)21-15;1-6-4-8-9(19-12(13,14)18-8)5-7(6)10-2-3-11(20-10)15(16)17;12-11(13)15-7-2-1-6(5-8(7)16-11)9-3-4-10(14)17-9;8-7(10)5-3-1-2-4-6(5)9;5-3-1-2-4(9-3)6(7)8/h2-9H,1H3,(H,23,24);6-7H,1-5H3;2-5H,1H3;1-5H,14H2;1-4H;1-2H. The first-order valence-corrected chi connectivity index (χ1v) is 34.1. The maximum Gasteiger partial charge on any atom is 0.586 e. The summed E-state index contributed by atoms with van der Waals surface area (Å²) in [5.74, 6) is -1.84. The summed E-state index contributed by atoms with van der Waals surface area (Å²) in [4.78, 5) is 44.6. The molecule has 0 spiro atoms. The zero-order valence-corrected chi connectivity index (χ0v) is 59.8. The van der Waals surface area contributed by atoms with Gasteiger partial charge in [0.25, 0.3) is 11.1 Å². The maximum atomic E-state index is 13.7. The minimum absolute atomic E-state index is 0.00434. The zero-order chi connectivity index (χ0) is 75.8. The summed E-state index contributed by atoms with van der Waals surface area (Å²) in [6.45, 7) is 13.0. The van der Waals surface area contributed by atoms with Crippen molar-refractivity contribution in [2.24, 2.45) is 0 Å². The van der Waals surface area contributed by atoms with Crippen LogP contribution >= 0.6 is 72.9 Å². The van der Waals surface area contributed by atoms with Gasteiger partial charge in [0, 0.05) is 26.8 Å². The molecule has 1 saturated heterocycles. The summed E-state index contributed by atoms with van der Waals surface area (Å²) < 4.78 is 178. The minimum atomic E-state index is -3.68. The number of benzene rings is 6. The third-order valence-corrected chi connectivity index (χ3v) is 20.0. The molecule has 10 aromatic rings. The van der Waals surface area contributed by atoms with Crippen molar-refractivity contribution in [1.29, 1.82) is 0 Å². The Morgan fingerprint density at radius 1 is 0.490 bits per heavy atom. The van der Waals surface area contributed by atoms with Gasteiger partial charge in [-0.2, -0.15) is 0 Å². The van der Waals surface area contributed by atoms with Gasteiger partial charge < -0.3 is 58.3 Å². The molecule has 0 radical (unpaired) electrons. The summed E-state index contributed by atoms with van der Waals surface area (Å²) in [5.41, 5.74) is 9.31. The van der Waals surface area contributed by atoms with Crippen LogP contribution in [0.4, 0.5) is 63.9 Å². The van der Waals surface area contributed by atoms with Crippen LogP contribution in [0.1, 0.15) is 65.1 Å². The second-order valence-corrected chi connectivity index (χ2v) is 29.1. The SMILES string of the molecule is Cc1cc2c(cc1-c1ccc(NC(=O)c3ccccc3F)s1)OC(F)(F)O2.Cc1cc2c(cc1-c1ccc([N+](=O)[O-])s1)OC(F)(F)O2.Cc1cc2c(cc1B1OC(C)(C)C(C)(C)O1)OC(F)(F)O2.Nc1ccc(-c2ccc3c(c2)OC(F)(F)O3)s1.O=C(Cl)c1ccccc1F.O=[N+]([O-])c1ccc(Br)s1. The molecule has 4 aromatic heterocycles. The highest BCUT2D eigenvalue weighted by molar-refractivity contribution is 9.11. The summed E-state index contributed by atoms with van der Waals surface area (Å²) in [7, 11) is -0.627. The number of carbonyl (C=O) groups excluding carboxylic acids is 2. The van der Waals surface area contributed by atoms with E-state index in [1.807, 2.05) is 33.8 Å². The second kappa shape index (κ2) is 30.2. The van der Waals surface area contributed by atoms with Crippen LogP contribution in [0.15, 0.2) is 155 Å². The van der Waals surface area contributed by atoms with Crippen LogP contribution in [0, 0.1) is 52.6 Å². The van der Waals surface area contributed by atoms with Gasteiger partial charge in [-0.15, -0.1) is 57.8 Å². The van der Waals surface area contributed by atoms with Gasteiger partial charge >= 0.3 is 42.3 Å². The van der Waals surface area contributed by atoms with Gasteiger partial charge in [-0.3, -0.25) is 29.8 Å². The Morgan fingerprint density at radius 3 is 1.34 bits per heavy atom. The van der Waals surface area contributed by atoms with E-state index in [0.717, 1.165) is 47.3 Å². The molecule has 37 heteroatoms. The topological polar surface area (TPSA) is 251 Å². The Kier molecular flexibility index (Phi) is 22.3. The number of carbonyl (C=O) groups is 2. The van der Waals surface area contributed by atoms with Crippen molar-refractivity contribution in [3.8, 4) is 77.3 Å². The molecule has 0 aliphatic carbocycles. The second-order valence-electron chi connectivity index (χ2n) is 23.1. The number of thiophene rings is 4. The van der Waals surface area contributed by atoms with Gasteiger partial charge in [-0.05, 0) is 230 Å². The van der Waals surface area contributed by atoms with E-state index in [9.17, 15) is 73.7 Å². The molecule has 0 bridgehead atoms. The van der Waals surface area contributed by atoms with Crippen molar-refractivity contribution >= 4 is 117 Å². The molecule has 1 amide bonds. The largest absolute Gasteiger partial charge is 0.586 e. The molecule has 0 atom stereocenters. The van der Waals surface area contributed by atoms with E-state index >= 15 is 0 Å². The smallest absolute Gasteiger partial charge is 0.399 e. The molecular formula is C67H49BBrClF10N4O16S4. The number of nitrogen functional groups attached to an aromatic ring is 1. The van der Waals surface area contributed by atoms with E-state index in [0.29, 0.717) is 42.6 Å². The summed E-state index contributed by atoms with van der Waals surface area (Å²) >= 11 is 12.8. The number of amides is 1. The fraction of sp³-hybridized carbons (Fsp3) is 0.194. The molecular weight excluding hydrogens is 1560 g/mol. The molecule has 0 unspecified atom stereocenters. The Labute approximate surface area is 611 Å². The number of fused-ring (bicyclic) bond motifs is 4. The Balaban J connectivity index is 0.000000138. The van der Waals surface area contributed by atoms with E-state index in [2.05, 4.69) is 59.1 Å². The molecule has 15 rings (SSSR count). The highest BCUT2D eigenvalue weighted by Crippen LogP contribution is 2.50. The van der Waals surface area contributed by atoms with Crippen LogP contribution in [-0.4, -0.2) is 64.5 Å². The third-order valence-electron chi connectivity index (χ3n) is 15.2. The van der Waals surface area contributed by atoms with Crippen molar-refractivity contribution in [2.75, 3.05) is 11.1 Å². The van der Waals surface area contributed by atoms with Gasteiger partial charge in [-0.25, -0.2) is 8.78 Å². The molecule has 5 aliphatic rings. The monoisotopic (exact) mass is 1610 g/mol. The molecule has 3 N–H and O–H groups in total. The van der Waals surface area contributed by atoms with Gasteiger partial charge in [0.2, 0.25) is 0 Å². The predicted molar refractivity (Wildman–Crippen MR) is 371 cm³/mol. The number of anilines is 2. The number of halogens is 12. The first kappa shape index (κ1) is 76.9. The number of hydrogen-bond donors (Lipinski definition) is 2. The molecule has 6 aromatic carbocycles. The first-order chi connectivity index (χ1) is 48.6. The zero-order valence-electron chi connectivity index (χ0n) is 54.2. The number of alkyl halides is 8. The molecule has 544 valence electrons. The highest BCUT2D eigenvalue weighted by atomic mass is 79.9. The minimum Gasteiger partial charge on any atom is -0.399 e. The molecule has 5 aliphatic heterocycles. The van der Waals surface area contributed by atoms with Crippen LogP contribution in [0.5, 0.6) is 46.0 Å². The van der Waals surface area contributed by atoms with Crippen molar-refractivity contribution in [1.82, 2.24) is 0 Å². The van der Waals surface area contributed by atoms with Gasteiger partial charge in [-0.1, -0.05) is 46.9 Å². The number of nitrogens with zero attached hydrogens (tertiary/aromatic N) is 2. The average Bonchev–Trinajstić information content (AvgIpc) is 1.67. The number of rotatable bonds is 9. The maximum absolute atomic E-state index is 13.7. The van der Waals surface area contributed by atoms with Crippen molar-refractivity contribution in [3.63, 3.8) is 0 Å². The summed E-state index contributed by atoms with van der Waals surface area (Å²) in [5, 5.41) is 23.9. The first-order valence-electron chi connectivity index (χ1n) is 29.7. The fourth-order valence-electron chi connectivity index (χ4n) is 9.64. The van der Waals surface area contributed by atoms with Crippen LogP contribution in [-0.2, 0) is 9.31 Å². The van der Waals surface area contributed by atoms with Crippen molar-refractivity contribution in [2.45, 2.75) is 84.8 Å². The number of ether oxygens (including phenoxy) is 8.